The first-order valence-corrected chi connectivity index (χ1v) is 10.2. The molecule has 0 fully saturated rings. The molecule has 0 aliphatic rings. The number of aliphatic carboxylic acids is 2. The fourth-order valence-electron chi connectivity index (χ4n) is 2.68. The molecule has 2 unspecified atom stereocenters. The Labute approximate surface area is 186 Å². The summed E-state index contributed by atoms with van der Waals surface area (Å²) in [7, 11) is 0. The quantitative estimate of drug-likeness (QED) is 0.325. The number of carboxylic acid groups (broad SMARTS) is 2. The number of halogens is 1. The molecule has 174 valence electrons. The summed E-state index contributed by atoms with van der Waals surface area (Å²) in [4.78, 5) is 30.6. The summed E-state index contributed by atoms with van der Waals surface area (Å²) in [5.41, 5.74) is 1.11. The van der Waals surface area contributed by atoms with Crippen LogP contribution in [-0.2, 0) is 14.4 Å². The van der Waals surface area contributed by atoms with Crippen LogP contribution in [0.3, 0.4) is 0 Å². The van der Waals surface area contributed by atoms with Gasteiger partial charge in [0, 0.05) is 6.54 Å². The van der Waals surface area contributed by atoms with Gasteiger partial charge in [0.25, 0.3) is 0 Å². The Morgan fingerprint density at radius 1 is 1.00 bits per heavy atom. The van der Waals surface area contributed by atoms with E-state index in [1.807, 2.05) is 37.3 Å². The van der Waals surface area contributed by atoms with Crippen LogP contribution in [0.5, 0.6) is 5.75 Å². The number of hydrogen-bond donors (Lipinski definition) is 4. The predicted molar refractivity (Wildman–Crippen MR) is 117 cm³/mol. The zero-order valence-corrected chi connectivity index (χ0v) is 18.1. The number of nitrogens with one attached hydrogen (secondary N) is 2. The smallest absolute Gasteiger partial charge is 0.414 e. The van der Waals surface area contributed by atoms with Crippen molar-refractivity contribution in [3.63, 3.8) is 0 Å². The standard InChI is InChI=1S/C21H27FN2O2.C2H2O4/c1-3-9-19(17-10-5-4-6-11-17)24-21(25)16(2)23-14-15-26-20-13-8-7-12-18(20)22;3-1(4)2(5)6/h4-8,10-13,16,19,23H,3,9,14-15H2,1-2H3,(H,24,25);(H,3,4)(H,5,6). The number of hydrogen-bond acceptors (Lipinski definition) is 5. The minimum atomic E-state index is -1.82. The van der Waals surface area contributed by atoms with Crippen LogP contribution >= 0.6 is 0 Å². The molecule has 0 heterocycles. The zero-order valence-electron chi connectivity index (χ0n) is 18.1. The Kier molecular flexibility index (Phi) is 12.1. The highest BCUT2D eigenvalue weighted by Gasteiger charge is 2.18. The second kappa shape index (κ2) is 14.5. The number of rotatable bonds is 10. The average molecular weight is 448 g/mol. The van der Waals surface area contributed by atoms with Crippen LogP contribution in [0.25, 0.3) is 0 Å². The minimum absolute atomic E-state index is 0.00705. The van der Waals surface area contributed by atoms with E-state index in [-0.39, 0.29) is 36.2 Å². The molecule has 8 nitrogen and oxygen atoms in total. The van der Waals surface area contributed by atoms with Crippen molar-refractivity contribution in [3.05, 3.63) is 66.0 Å². The maximum absolute atomic E-state index is 13.5. The molecule has 0 radical (unpaired) electrons. The summed E-state index contributed by atoms with van der Waals surface area (Å²) in [6, 6.07) is 15.9. The van der Waals surface area contributed by atoms with Crippen molar-refractivity contribution in [2.45, 2.75) is 38.8 Å². The third-order valence-corrected chi connectivity index (χ3v) is 4.32. The summed E-state index contributed by atoms with van der Waals surface area (Å²) < 4.78 is 18.9. The molecule has 0 spiro atoms. The summed E-state index contributed by atoms with van der Waals surface area (Å²) in [5.74, 6) is -3.87. The molecular formula is C23H29FN2O6. The SMILES string of the molecule is CCCC(NC(=O)C(C)NCCOc1ccccc1F)c1ccccc1.O=C(O)C(=O)O. The summed E-state index contributed by atoms with van der Waals surface area (Å²) in [6.07, 6.45) is 1.87. The minimum Gasteiger partial charge on any atom is -0.489 e. The third-order valence-electron chi connectivity index (χ3n) is 4.32. The molecule has 0 saturated heterocycles. The van der Waals surface area contributed by atoms with E-state index in [0.29, 0.717) is 6.54 Å². The maximum Gasteiger partial charge on any atom is 0.414 e. The Hall–Kier alpha value is -3.46. The van der Waals surface area contributed by atoms with E-state index >= 15 is 0 Å². The van der Waals surface area contributed by atoms with Crippen molar-refractivity contribution < 1.29 is 33.7 Å². The largest absolute Gasteiger partial charge is 0.489 e. The van der Waals surface area contributed by atoms with Gasteiger partial charge < -0.3 is 25.6 Å². The Morgan fingerprint density at radius 3 is 2.16 bits per heavy atom. The van der Waals surface area contributed by atoms with Crippen LogP contribution in [-0.4, -0.2) is 47.3 Å². The second-order valence-corrected chi connectivity index (χ2v) is 6.83. The fraction of sp³-hybridized carbons (Fsp3) is 0.348. The monoisotopic (exact) mass is 448 g/mol. The lowest BCUT2D eigenvalue weighted by Gasteiger charge is -2.22. The van der Waals surface area contributed by atoms with E-state index in [0.717, 1.165) is 18.4 Å². The average Bonchev–Trinajstić information content (AvgIpc) is 2.78. The van der Waals surface area contributed by atoms with Crippen LogP contribution in [0.1, 0.15) is 38.3 Å². The summed E-state index contributed by atoms with van der Waals surface area (Å²) in [5, 5.41) is 21.0. The topological polar surface area (TPSA) is 125 Å². The van der Waals surface area contributed by atoms with Gasteiger partial charge in [0.05, 0.1) is 12.1 Å². The van der Waals surface area contributed by atoms with Crippen LogP contribution < -0.4 is 15.4 Å². The molecule has 4 N–H and O–H groups in total. The van der Waals surface area contributed by atoms with Gasteiger partial charge in [-0.1, -0.05) is 55.8 Å². The maximum atomic E-state index is 13.5. The van der Waals surface area contributed by atoms with E-state index in [9.17, 15) is 9.18 Å². The van der Waals surface area contributed by atoms with E-state index in [2.05, 4.69) is 17.6 Å². The molecule has 2 rings (SSSR count). The van der Waals surface area contributed by atoms with Gasteiger partial charge in [0.1, 0.15) is 6.61 Å². The van der Waals surface area contributed by atoms with Crippen LogP contribution in [0.15, 0.2) is 54.6 Å². The van der Waals surface area contributed by atoms with Gasteiger partial charge in [-0.25, -0.2) is 14.0 Å². The van der Waals surface area contributed by atoms with Gasteiger partial charge in [-0.2, -0.15) is 0 Å². The predicted octanol–water partition coefficient (Wildman–Crippen LogP) is 3.00. The molecule has 9 heteroatoms. The van der Waals surface area contributed by atoms with Gasteiger partial charge >= 0.3 is 11.9 Å². The van der Waals surface area contributed by atoms with Crippen LogP contribution in [0.4, 0.5) is 4.39 Å². The lowest BCUT2D eigenvalue weighted by Crippen LogP contribution is -2.44. The molecule has 0 aliphatic heterocycles. The van der Waals surface area contributed by atoms with Gasteiger partial charge in [-0.15, -0.1) is 0 Å². The molecule has 0 aromatic heterocycles. The molecule has 2 aromatic carbocycles. The number of carboxylic acids is 2. The van der Waals surface area contributed by atoms with Crippen LogP contribution in [0.2, 0.25) is 0 Å². The molecule has 32 heavy (non-hydrogen) atoms. The summed E-state index contributed by atoms with van der Waals surface area (Å²) in [6.45, 7) is 4.65. The van der Waals surface area contributed by atoms with Crippen LogP contribution in [0, 0.1) is 5.82 Å². The Bertz CT molecular complexity index is 851. The highest BCUT2D eigenvalue weighted by molar-refractivity contribution is 6.27. The van der Waals surface area contributed by atoms with Crippen molar-refractivity contribution >= 4 is 17.8 Å². The lowest BCUT2D eigenvalue weighted by atomic mass is 10.0. The number of ether oxygens (including phenoxy) is 1. The number of carbonyl (C=O) groups is 3. The van der Waals surface area contributed by atoms with Gasteiger partial charge in [-0.05, 0) is 31.0 Å². The van der Waals surface area contributed by atoms with Crippen molar-refractivity contribution in [2.24, 2.45) is 0 Å². The molecule has 1 amide bonds. The van der Waals surface area contributed by atoms with E-state index in [1.165, 1.54) is 6.07 Å². The molecular weight excluding hydrogens is 419 g/mol. The highest BCUT2D eigenvalue weighted by atomic mass is 19.1. The van der Waals surface area contributed by atoms with Gasteiger partial charge in [0.15, 0.2) is 11.6 Å². The van der Waals surface area contributed by atoms with Gasteiger partial charge in [0.2, 0.25) is 5.91 Å². The van der Waals surface area contributed by atoms with E-state index < -0.39 is 11.9 Å². The second-order valence-electron chi connectivity index (χ2n) is 6.83. The zero-order chi connectivity index (χ0) is 23.9. The molecule has 0 aliphatic carbocycles. The van der Waals surface area contributed by atoms with Crippen molar-refractivity contribution in [2.75, 3.05) is 13.2 Å². The normalized spacial score (nSPS) is 12.0. The summed E-state index contributed by atoms with van der Waals surface area (Å²) >= 11 is 0. The van der Waals surface area contributed by atoms with Gasteiger partial charge in [-0.3, -0.25) is 4.79 Å². The fourth-order valence-corrected chi connectivity index (χ4v) is 2.68. The first-order chi connectivity index (χ1) is 15.3. The molecule has 0 bridgehead atoms. The first-order valence-electron chi connectivity index (χ1n) is 10.2. The van der Waals surface area contributed by atoms with Crippen molar-refractivity contribution in [1.29, 1.82) is 0 Å². The van der Waals surface area contributed by atoms with E-state index in [1.54, 1.807) is 18.2 Å². The van der Waals surface area contributed by atoms with Crippen molar-refractivity contribution in [1.82, 2.24) is 10.6 Å². The Balaban J connectivity index is 0.000000751. The number of carbonyl (C=O) groups excluding carboxylic acids is 1. The molecule has 2 aromatic rings. The lowest BCUT2D eigenvalue weighted by molar-refractivity contribution is -0.159. The Morgan fingerprint density at radius 2 is 1.59 bits per heavy atom. The van der Waals surface area contributed by atoms with E-state index in [4.69, 9.17) is 24.5 Å². The highest BCUT2D eigenvalue weighted by Crippen LogP contribution is 2.18. The molecule has 0 saturated carbocycles. The molecule has 2 atom stereocenters. The number of para-hydroxylation sites is 1. The van der Waals surface area contributed by atoms with Crippen molar-refractivity contribution in [3.8, 4) is 5.75 Å². The number of amides is 1. The first kappa shape index (κ1) is 26.6. The number of benzene rings is 2. The third kappa shape index (κ3) is 10.0.